The Bertz CT molecular complexity index is 3140. The molecule has 2 aliphatic carbocycles. The minimum absolute atomic E-state index is 0.148. The molecular formula is C60H47NSi. The van der Waals surface area contributed by atoms with Crippen LogP contribution in [0.1, 0.15) is 47.2 Å². The van der Waals surface area contributed by atoms with Crippen molar-refractivity contribution in [3.8, 4) is 44.5 Å². The van der Waals surface area contributed by atoms with Crippen LogP contribution in [0.25, 0.3) is 44.5 Å². The first-order valence-electron chi connectivity index (χ1n) is 22.0. The Kier molecular flexibility index (Phi) is 8.02. The van der Waals surface area contributed by atoms with Crippen molar-refractivity contribution < 1.29 is 0 Å². The highest BCUT2D eigenvalue weighted by Crippen LogP contribution is 2.58. The maximum Gasteiger partial charge on any atom is 0.113 e. The lowest BCUT2D eigenvalue weighted by molar-refractivity contribution is 0.660. The predicted octanol–water partition coefficient (Wildman–Crippen LogP) is 14.3. The van der Waals surface area contributed by atoms with E-state index in [1.54, 1.807) is 0 Å². The second-order valence-corrected chi connectivity index (χ2v) is 22.8. The molecular weight excluding hydrogens is 763 g/mol. The molecule has 0 amide bonds. The topological polar surface area (TPSA) is 3.24 Å². The Morgan fingerprint density at radius 3 is 1.31 bits per heavy atom. The van der Waals surface area contributed by atoms with Crippen molar-refractivity contribution >= 4 is 35.5 Å². The second kappa shape index (κ2) is 13.5. The molecule has 0 unspecified atom stereocenters. The molecule has 296 valence electrons. The van der Waals surface area contributed by atoms with Crippen LogP contribution in [0.15, 0.2) is 212 Å². The molecule has 0 saturated carbocycles. The molecule has 1 nitrogen and oxygen atoms in total. The lowest BCUT2D eigenvalue weighted by atomic mass is 9.67. The molecule has 0 radical (unpaired) electrons. The molecule has 12 rings (SSSR count). The minimum atomic E-state index is -2.05. The van der Waals surface area contributed by atoms with Crippen molar-refractivity contribution in [2.24, 2.45) is 0 Å². The Balaban J connectivity index is 1.16. The first-order chi connectivity index (χ1) is 30.3. The van der Waals surface area contributed by atoms with Gasteiger partial charge in [0.15, 0.2) is 0 Å². The molecule has 0 aromatic heterocycles. The summed E-state index contributed by atoms with van der Waals surface area (Å²) in [4.78, 5) is 2.54. The fourth-order valence-corrected chi connectivity index (χ4v) is 14.8. The second-order valence-electron chi connectivity index (χ2n) is 18.5. The first-order valence-corrected chi connectivity index (χ1v) is 25.0. The maximum atomic E-state index is 2.55. The van der Waals surface area contributed by atoms with Crippen LogP contribution >= 0.6 is 0 Å². The quantitative estimate of drug-likeness (QED) is 0.157. The van der Waals surface area contributed by atoms with E-state index in [1.165, 1.54) is 88.3 Å². The van der Waals surface area contributed by atoms with Gasteiger partial charge in [-0.25, -0.2) is 0 Å². The van der Waals surface area contributed by atoms with Gasteiger partial charge in [0, 0.05) is 22.5 Å². The van der Waals surface area contributed by atoms with Crippen LogP contribution in [0.5, 0.6) is 0 Å². The summed E-state index contributed by atoms with van der Waals surface area (Å²) in [5.41, 5.74) is 21.2. The predicted molar refractivity (Wildman–Crippen MR) is 264 cm³/mol. The maximum absolute atomic E-state index is 2.55. The fraction of sp³-hybridized carbons (Fsp3) is 0.100. The van der Waals surface area contributed by atoms with Gasteiger partial charge in [-0.1, -0.05) is 197 Å². The molecule has 0 bridgehead atoms. The molecule has 0 saturated heterocycles. The molecule has 0 fully saturated rings. The summed E-state index contributed by atoms with van der Waals surface area (Å²) >= 11 is 0. The van der Waals surface area contributed by atoms with E-state index in [0.717, 1.165) is 17.1 Å². The van der Waals surface area contributed by atoms with Crippen LogP contribution in [-0.2, 0) is 10.8 Å². The molecule has 9 aromatic carbocycles. The largest absolute Gasteiger partial charge is 0.310 e. The van der Waals surface area contributed by atoms with Crippen LogP contribution < -0.4 is 15.3 Å². The summed E-state index contributed by atoms with van der Waals surface area (Å²) in [5, 5.41) is 3.04. The van der Waals surface area contributed by atoms with E-state index in [-0.39, 0.29) is 5.41 Å². The van der Waals surface area contributed by atoms with E-state index in [4.69, 9.17) is 0 Å². The van der Waals surface area contributed by atoms with E-state index in [9.17, 15) is 0 Å². The monoisotopic (exact) mass is 809 g/mol. The third-order valence-corrected chi connectivity index (χ3v) is 18.1. The Morgan fingerprint density at radius 1 is 0.323 bits per heavy atom. The summed E-state index contributed by atoms with van der Waals surface area (Å²) in [7, 11) is -2.05. The molecule has 1 aliphatic heterocycles. The van der Waals surface area contributed by atoms with Crippen molar-refractivity contribution in [2.45, 2.75) is 37.8 Å². The summed E-state index contributed by atoms with van der Waals surface area (Å²) in [6.07, 6.45) is 0. The van der Waals surface area contributed by atoms with Gasteiger partial charge in [-0.2, -0.15) is 0 Å². The van der Waals surface area contributed by atoms with E-state index in [0.29, 0.717) is 0 Å². The van der Waals surface area contributed by atoms with Crippen LogP contribution in [-0.4, -0.2) is 8.07 Å². The highest BCUT2D eigenvalue weighted by molar-refractivity contribution is 7.01. The van der Waals surface area contributed by atoms with Gasteiger partial charge in [-0.15, -0.1) is 0 Å². The number of nitrogens with zero attached hydrogens (tertiary/aromatic N) is 1. The zero-order valence-electron chi connectivity index (χ0n) is 35.7. The Morgan fingerprint density at radius 2 is 0.742 bits per heavy atom. The van der Waals surface area contributed by atoms with Gasteiger partial charge in [0.25, 0.3) is 0 Å². The average molecular weight is 810 g/mol. The molecule has 0 N–H and O–H groups in total. The summed E-state index contributed by atoms with van der Waals surface area (Å²) in [6, 6.07) is 80.3. The Hall–Kier alpha value is -7.00. The smallest absolute Gasteiger partial charge is 0.113 e. The number of fused-ring (bicyclic) bond motifs is 12. The van der Waals surface area contributed by atoms with Crippen molar-refractivity contribution in [2.75, 3.05) is 4.90 Å². The van der Waals surface area contributed by atoms with Crippen LogP contribution in [0.3, 0.4) is 0 Å². The van der Waals surface area contributed by atoms with E-state index >= 15 is 0 Å². The van der Waals surface area contributed by atoms with Crippen LogP contribution in [0.4, 0.5) is 17.1 Å². The number of rotatable bonds is 5. The van der Waals surface area contributed by atoms with Gasteiger partial charge in [0.1, 0.15) is 8.07 Å². The third-order valence-electron chi connectivity index (χ3n) is 14.5. The zero-order valence-corrected chi connectivity index (χ0v) is 36.7. The van der Waals surface area contributed by atoms with Crippen LogP contribution in [0, 0.1) is 0 Å². The van der Waals surface area contributed by atoms with Crippen molar-refractivity contribution in [3.05, 3.63) is 246 Å². The lowest BCUT2D eigenvalue weighted by Crippen LogP contribution is -2.63. The molecule has 9 aromatic rings. The van der Waals surface area contributed by atoms with E-state index in [1.807, 2.05) is 0 Å². The molecule has 62 heavy (non-hydrogen) atoms. The van der Waals surface area contributed by atoms with E-state index < -0.39 is 13.5 Å². The van der Waals surface area contributed by atoms with Gasteiger partial charge < -0.3 is 4.90 Å². The minimum Gasteiger partial charge on any atom is -0.310 e. The highest BCUT2D eigenvalue weighted by Gasteiger charge is 2.53. The van der Waals surface area contributed by atoms with Crippen molar-refractivity contribution in [1.82, 2.24) is 0 Å². The third kappa shape index (κ3) is 5.14. The normalized spacial score (nSPS) is 15.2. The number of benzene rings is 9. The number of hydrogen-bond acceptors (Lipinski definition) is 1. The average Bonchev–Trinajstić information content (AvgIpc) is 3.74. The molecule has 2 heteroatoms. The van der Waals surface area contributed by atoms with Gasteiger partial charge in [0.2, 0.25) is 0 Å². The molecule has 1 heterocycles. The summed E-state index contributed by atoms with van der Waals surface area (Å²) in [5.74, 6) is 0. The van der Waals surface area contributed by atoms with Crippen molar-refractivity contribution in [3.63, 3.8) is 0 Å². The zero-order chi connectivity index (χ0) is 41.8. The van der Waals surface area contributed by atoms with Gasteiger partial charge in [-0.3, -0.25) is 0 Å². The van der Waals surface area contributed by atoms with Crippen LogP contribution in [0.2, 0.25) is 13.1 Å². The van der Waals surface area contributed by atoms with Gasteiger partial charge >= 0.3 is 0 Å². The molecule has 1 spiro atoms. The van der Waals surface area contributed by atoms with Gasteiger partial charge in [0.05, 0.1) is 5.41 Å². The molecule has 0 atom stereocenters. The fourth-order valence-electron chi connectivity index (χ4n) is 11.6. The van der Waals surface area contributed by atoms with Gasteiger partial charge in [-0.05, 0) is 131 Å². The highest BCUT2D eigenvalue weighted by atomic mass is 28.3. The standard InChI is InChI=1S/C60H47NSi/c1-59(2)51-25-13-11-23-47(51)49-33-31-44(38-55(49)59)61(46-36-42(40-19-7-5-8-20-40)35-43(37-46)41-21-9-6-10-22-41)45-32-34-50-48-24-12-14-26-52(48)60(56(50)39-45)53-27-15-17-29-57(53)62(3,4)58-30-18-16-28-54(58)60/h5-39H,1-4H3. The SMILES string of the molecule is CC1(C)c2ccccc2-c2ccc(N(c3cc(-c4ccccc4)cc(-c4ccccc4)c3)c3ccc4c(c3)C3(c5ccccc5-4)c4ccccc4[Si](C)(C)c4ccccc43)cc21. The lowest BCUT2D eigenvalue weighted by Gasteiger charge is -2.46. The summed E-state index contributed by atoms with van der Waals surface area (Å²) < 4.78 is 0. The number of hydrogen-bond donors (Lipinski definition) is 0. The number of anilines is 3. The summed E-state index contributed by atoms with van der Waals surface area (Å²) in [6.45, 7) is 9.84. The Labute approximate surface area is 366 Å². The molecule has 3 aliphatic rings. The first kappa shape index (κ1) is 36.8. The van der Waals surface area contributed by atoms with Crippen molar-refractivity contribution in [1.29, 1.82) is 0 Å². The van der Waals surface area contributed by atoms with E-state index in [2.05, 4.69) is 244 Å².